The first-order chi connectivity index (χ1) is 7.58. The molecule has 1 fully saturated rings. The first-order valence-electron chi connectivity index (χ1n) is 5.61. The highest BCUT2D eigenvalue weighted by Crippen LogP contribution is 2.08. The van der Waals surface area contributed by atoms with Gasteiger partial charge in [0.05, 0.1) is 0 Å². The van der Waals surface area contributed by atoms with Crippen molar-refractivity contribution < 1.29 is 4.79 Å². The number of hydrogen-bond acceptors (Lipinski definition) is 3. The van der Waals surface area contributed by atoms with Gasteiger partial charge in [0.1, 0.15) is 0 Å². The molecule has 0 saturated carbocycles. The smallest absolute Gasteiger partial charge is 0.274 e. The van der Waals surface area contributed by atoms with Gasteiger partial charge in [-0.3, -0.25) is 9.48 Å². The second-order valence-electron chi connectivity index (χ2n) is 4.40. The SMILES string of the molecule is Cc1cc(C(=O)N2CCN[C@H](C)C2)nn1C.Cl. The lowest BCUT2D eigenvalue weighted by Crippen LogP contribution is -2.51. The number of halogens is 1. The van der Waals surface area contributed by atoms with Gasteiger partial charge >= 0.3 is 0 Å². The fourth-order valence-corrected chi connectivity index (χ4v) is 1.94. The lowest BCUT2D eigenvalue weighted by Gasteiger charge is -2.31. The maximum Gasteiger partial charge on any atom is 0.274 e. The second-order valence-corrected chi connectivity index (χ2v) is 4.40. The van der Waals surface area contributed by atoms with Crippen molar-refractivity contribution in [3.63, 3.8) is 0 Å². The third-order valence-corrected chi connectivity index (χ3v) is 2.99. The molecule has 6 heteroatoms. The Balaban J connectivity index is 0.00000144. The monoisotopic (exact) mass is 258 g/mol. The summed E-state index contributed by atoms with van der Waals surface area (Å²) in [5.74, 6) is 0.0389. The molecule has 1 aromatic heterocycles. The van der Waals surface area contributed by atoms with Crippen molar-refractivity contribution in [3.05, 3.63) is 17.5 Å². The summed E-state index contributed by atoms with van der Waals surface area (Å²) in [5, 5.41) is 7.53. The van der Waals surface area contributed by atoms with E-state index in [0.717, 1.165) is 25.3 Å². The fraction of sp³-hybridized carbons (Fsp3) is 0.636. The average Bonchev–Trinajstić information content (AvgIpc) is 2.58. The van der Waals surface area contributed by atoms with Gasteiger partial charge in [-0.05, 0) is 19.9 Å². The van der Waals surface area contributed by atoms with E-state index in [0.29, 0.717) is 11.7 Å². The van der Waals surface area contributed by atoms with Crippen LogP contribution in [0.3, 0.4) is 0 Å². The molecule has 1 amide bonds. The highest BCUT2D eigenvalue weighted by Gasteiger charge is 2.23. The van der Waals surface area contributed by atoms with E-state index >= 15 is 0 Å². The topological polar surface area (TPSA) is 50.2 Å². The molecule has 2 heterocycles. The van der Waals surface area contributed by atoms with Crippen molar-refractivity contribution in [1.82, 2.24) is 20.0 Å². The third kappa shape index (κ3) is 2.98. The van der Waals surface area contributed by atoms with Crippen LogP contribution in [-0.2, 0) is 7.05 Å². The zero-order chi connectivity index (χ0) is 11.7. The van der Waals surface area contributed by atoms with Crippen LogP contribution in [0, 0.1) is 6.92 Å². The molecule has 17 heavy (non-hydrogen) atoms. The zero-order valence-electron chi connectivity index (χ0n) is 10.4. The van der Waals surface area contributed by atoms with Crippen LogP contribution in [0.15, 0.2) is 6.07 Å². The Labute approximate surface area is 108 Å². The van der Waals surface area contributed by atoms with Gasteiger partial charge in [0.25, 0.3) is 5.91 Å². The summed E-state index contributed by atoms with van der Waals surface area (Å²) in [6, 6.07) is 2.21. The summed E-state index contributed by atoms with van der Waals surface area (Å²) >= 11 is 0. The van der Waals surface area contributed by atoms with Crippen LogP contribution in [0.1, 0.15) is 23.1 Å². The van der Waals surface area contributed by atoms with Crippen LogP contribution in [-0.4, -0.2) is 46.3 Å². The molecule has 1 N–H and O–H groups in total. The van der Waals surface area contributed by atoms with E-state index in [2.05, 4.69) is 17.3 Å². The molecular formula is C11H19ClN4O. The van der Waals surface area contributed by atoms with Crippen LogP contribution in [0.25, 0.3) is 0 Å². The normalized spacial score (nSPS) is 19.9. The van der Waals surface area contributed by atoms with Crippen molar-refractivity contribution in [2.45, 2.75) is 19.9 Å². The standard InChI is InChI=1S/C11H18N4O.ClH/c1-8-7-15(5-4-12-8)11(16)10-6-9(2)14(3)13-10;/h6,8,12H,4-5,7H2,1-3H3;1H/t8-;/m1./s1. The first-order valence-corrected chi connectivity index (χ1v) is 5.61. The van der Waals surface area contributed by atoms with Gasteiger partial charge in [-0.1, -0.05) is 0 Å². The van der Waals surface area contributed by atoms with Gasteiger partial charge in [0, 0.05) is 38.4 Å². The van der Waals surface area contributed by atoms with E-state index < -0.39 is 0 Å². The van der Waals surface area contributed by atoms with Gasteiger partial charge < -0.3 is 10.2 Å². The summed E-state index contributed by atoms with van der Waals surface area (Å²) in [6.45, 7) is 6.42. The molecule has 0 unspecified atom stereocenters. The number of hydrogen-bond donors (Lipinski definition) is 1. The summed E-state index contributed by atoms with van der Waals surface area (Å²) in [6.07, 6.45) is 0. The molecular weight excluding hydrogens is 240 g/mol. The Hall–Kier alpha value is -1.07. The molecule has 0 aliphatic carbocycles. The number of aryl methyl sites for hydroxylation is 2. The summed E-state index contributed by atoms with van der Waals surface area (Å²) in [4.78, 5) is 14.0. The predicted molar refractivity (Wildman–Crippen MR) is 68.6 cm³/mol. The van der Waals surface area contributed by atoms with E-state index in [1.807, 2.05) is 24.9 Å². The highest BCUT2D eigenvalue weighted by atomic mass is 35.5. The highest BCUT2D eigenvalue weighted by molar-refractivity contribution is 5.92. The van der Waals surface area contributed by atoms with Gasteiger partial charge in [-0.2, -0.15) is 5.10 Å². The summed E-state index contributed by atoms with van der Waals surface area (Å²) in [7, 11) is 1.85. The number of carbonyl (C=O) groups is 1. The number of rotatable bonds is 1. The minimum atomic E-state index is 0. The molecule has 1 aromatic rings. The molecule has 2 rings (SSSR count). The Morgan fingerprint density at radius 3 is 2.82 bits per heavy atom. The van der Waals surface area contributed by atoms with Gasteiger partial charge in [0.2, 0.25) is 0 Å². The third-order valence-electron chi connectivity index (χ3n) is 2.99. The van der Waals surface area contributed by atoms with E-state index in [-0.39, 0.29) is 18.3 Å². The Bertz CT molecular complexity index is 385. The number of carbonyl (C=O) groups excluding carboxylic acids is 1. The van der Waals surface area contributed by atoms with Crippen LogP contribution in [0.5, 0.6) is 0 Å². The van der Waals surface area contributed by atoms with Crippen molar-refractivity contribution in [1.29, 1.82) is 0 Å². The first kappa shape index (κ1) is 14.0. The Morgan fingerprint density at radius 2 is 2.29 bits per heavy atom. The van der Waals surface area contributed by atoms with E-state index in [4.69, 9.17) is 0 Å². The quantitative estimate of drug-likeness (QED) is 0.802. The fourth-order valence-electron chi connectivity index (χ4n) is 1.94. The minimum absolute atomic E-state index is 0. The summed E-state index contributed by atoms with van der Waals surface area (Å²) < 4.78 is 1.73. The molecule has 1 aliphatic rings. The van der Waals surface area contributed by atoms with E-state index in [9.17, 15) is 4.79 Å². The Kier molecular flexibility index (Phi) is 4.54. The molecule has 5 nitrogen and oxygen atoms in total. The number of nitrogens with zero attached hydrogens (tertiary/aromatic N) is 3. The molecule has 1 atom stereocenters. The van der Waals surface area contributed by atoms with Gasteiger partial charge in [0.15, 0.2) is 5.69 Å². The summed E-state index contributed by atoms with van der Waals surface area (Å²) in [5.41, 5.74) is 1.56. The molecule has 0 aromatic carbocycles. The van der Waals surface area contributed by atoms with Crippen molar-refractivity contribution >= 4 is 18.3 Å². The second kappa shape index (κ2) is 5.51. The maximum absolute atomic E-state index is 12.1. The van der Waals surface area contributed by atoms with Crippen LogP contribution in [0.4, 0.5) is 0 Å². The number of amides is 1. The van der Waals surface area contributed by atoms with Crippen LogP contribution < -0.4 is 5.32 Å². The number of nitrogens with one attached hydrogen (secondary N) is 1. The van der Waals surface area contributed by atoms with E-state index in [1.165, 1.54) is 0 Å². The Morgan fingerprint density at radius 1 is 1.59 bits per heavy atom. The molecule has 1 aliphatic heterocycles. The molecule has 0 spiro atoms. The average molecular weight is 259 g/mol. The van der Waals surface area contributed by atoms with Crippen LogP contribution in [0.2, 0.25) is 0 Å². The maximum atomic E-state index is 12.1. The molecule has 0 radical (unpaired) electrons. The lowest BCUT2D eigenvalue weighted by molar-refractivity contribution is 0.0702. The minimum Gasteiger partial charge on any atom is -0.334 e. The predicted octanol–water partition coefficient (Wildman–Crippen LogP) is 0.584. The number of aromatic nitrogens is 2. The van der Waals surface area contributed by atoms with Crippen molar-refractivity contribution in [2.75, 3.05) is 19.6 Å². The van der Waals surface area contributed by atoms with Crippen LogP contribution >= 0.6 is 12.4 Å². The zero-order valence-corrected chi connectivity index (χ0v) is 11.3. The lowest BCUT2D eigenvalue weighted by atomic mass is 10.2. The molecule has 96 valence electrons. The molecule has 0 bridgehead atoms. The van der Waals surface area contributed by atoms with Crippen molar-refractivity contribution in [2.24, 2.45) is 7.05 Å². The molecule has 1 saturated heterocycles. The van der Waals surface area contributed by atoms with Gasteiger partial charge in [-0.15, -0.1) is 12.4 Å². The van der Waals surface area contributed by atoms with Gasteiger partial charge in [-0.25, -0.2) is 0 Å². The number of piperazine rings is 1. The van der Waals surface area contributed by atoms with E-state index in [1.54, 1.807) is 4.68 Å². The largest absolute Gasteiger partial charge is 0.334 e. The van der Waals surface area contributed by atoms with Crippen molar-refractivity contribution in [3.8, 4) is 0 Å².